The number of nitrogens with two attached hydrogens (primary N) is 1. The lowest BCUT2D eigenvalue weighted by atomic mass is 10.2. The molecule has 1 aromatic carbocycles. The second-order valence-electron chi connectivity index (χ2n) is 3.20. The minimum absolute atomic E-state index is 0.396. The molecule has 80 valence electrons. The van der Waals surface area contributed by atoms with Gasteiger partial charge in [0, 0.05) is 11.1 Å². The molecule has 2 aromatic rings. The molecule has 2 N–H and O–H groups in total. The zero-order valence-corrected chi connectivity index (χ0v) is 7.62. The van der Waals surface area contributed by atoms with Crippen molar-refractivity contribution in [3.63, 3.8) is 0 Å². The van der Waals surface area contributed by atoms with Crippen molar-refractivity contribution in [2.75, 3.05) is 5.73 Å². The molecule has 15 heavy (non-hydrogen) atoms. The maximum atomic E-state index is 12.2. The topological polar surface area (TPSA) is 43.8 Å². The van der Waals surface area contributed by atoms with Gasteiger partial charge >= 0.3 is 6.18 Å². The Balaban J connectivity index is 2.50. The molecule has 0 saturated heterocycles. The molecule has 1 aromatic heterocycles. The third-order valence-electron chi connectivity index (χ3n) is 2.05. The van der Waals surface area contributed by atoms with E-state index in [1.807, 2.05) is 0 Å². The Morgan fingerprint density at radius 2 is 2.07 bits per heavy atom. The Morgan fingerprint density at radius 3 is 2.73 bits per heavy atom. The van der Waals surface area contributed by atoms with E-state index in [-0.39, 0.29) is 0 Å². The van der Waals surface area contributed by atoms with Crippen LogP contribution in [-0.2, 0) is 6.54 Å². The summed E-state index contributed by atoms with van der Waals surface area (Å²) < 4.78 is 37.4. The second kappa shape index (κ2) is 3.15. The van der Waals surface area contributed by atoms with Crippen molar-refractivity contribution in [1.29, 1.82) is 0 Å². The lowest BCUT2D eigenvalue weighted by Crippen LogP contribution is -2.18. The molecule has 0 saturated carbocycles. The van der Waals surface area contributed by atoms with Crippen LogP contribution in [0.5, 0.6) is 0 Å². The van der Waals surface area contributed by atoms with Crippen molar-refractivity contribution in [2.24, 2.45) is 0 Å². The van der Waals surface area contributed by atoms with Crippen LogP contribution in [0.3, 0.4) is 0 Å². The molecule has 0 aliphatic carbocycles. The average molecular weight is 215 g/mol. The third-order valence-corrected chi connectivity index (χ3v) is 2.05. The Kier molecular flexibility index (Phi) is 2.06. The number of nitrogen functional groups attached to an aromatic ring is 1. The summed E-state index contributed by atoms with van der Waals surface area (Å²) in [5, 5.41) is 4.20. The molecular weight excluding hydrogens is 207 g/mol. The van der Waals surface area contributed by atoms with Crippen LogP contribution in [-0.4, -0.2) is 16.0 Å². The average Bonchev–Trinajstić information content (AvgIpc) is 2.48. The molecule has 0 aliphatic heterocycles. The molecule has 3 nitrogen and oxygen atoms in total. The second-order valence-corrected chi connectivity index (χ2v) is 3.20. The summed E-state index contributed by atoms with van der Waals surface area (Å²) in [5.74, 6) is 0. The first-order valence-electron chi connectivity index (χ1n) is 4.24. The van der Waals surface area contributed by atoms with Crippen molar-refractivity contribution in [3.05, 3.63) is 24.4 Å². The minimum atomic E-state index is -4.27. The number of aromatic nitrogens is 2. The molecule has 0 spiro atoms. The zero-order chi connectivity index (χ0) is 11.1. The monoisotopic (exact) mass is 215 g/mol. The summed E-state index contributed by atoms with van der Waals surface area (Å²) in [4.78, 5) is 0. The minimum Gasteiger partial charge on any atom is -0.398 e. The molecule has 0 aliphatic rings. The van der Waals surface area contributed by atoms with Gasteiger partial charge in [-0.05, 0) is 12.1 Å². The van der Waals surface area contributed by atoms with Crippen molar-refractivity contribution >= 4 is 16.6 Å². The van der Waals surface area contributed by atoms with Crippen LogP contribution in [0.1, 0.15) is 0 Å². The predicted molar refractivity (Wildman–Crippen MR) is 50.2 cm³/mol. The van der Waals surface area contributed by atoms with E-state index in [0.29, 0.717) is 16.6 Å². The normalized spacial score (nSPS) is 12.2. The standard InChI is InChI=1S/C9H8F3N3/c10-9(11,12)5-15-8-3-1-2-7(13)6(8)4-14-15/h1-4H,5,13H2. The molecular formula is C9H8F3N3. The Bertz CT molecular complexity index is 487. The van der Waals surface area contributed by atoms with E-state index in [0.717, 1.165) is 4.68 Å². The fourth-order valence-corrected chi connectivity index (χ4v) is 1.42. The van der Waals surface area contributed by atoms with E-state index in [2.05, 4.69) is 5.10 Å². The van der Waals surface area contributed by atoms with Gasteiger partial charge < -0.3 is 5.73 Å². The predicted octanol–water partition coefficient (Wildman–Crippen LogP) is 2.18. The van der Waals surface area contributed by atoms with Crippen LogP contribution in [0.4, 0.5) is 18.9 Å². The van der Waals surface area contributed by atoms with E-state index in [4.69, 9.17) is 5.73 Å². The molecule has 0 unspecified atom stereocenters. The summed E-state index contributed by atoms with van der Waals surface area (Å²) in [6, 6.07) is 4.79. The van der Waals surface area contributed by atoms with Crippen LogP contribution >= 0.6 is 0 Å². The van der Waals surface area contributed by atoms with Crippen molar-refractivity contribution < 1.29 is 13.2 Å². The largest absolute Gasteiger partial charge is 0.408 e. The molecule has 1 heterocycles. The van der Waals surface area contributed by atoms with Crippen molar-refractivity contribution in [3.8, 4) is 0 Å². The first-order valence-corrected chi connectivity index (χ1v) is 4.24. The maximum Gasteiger partial charge on any atom is 0.408 e. The number of fused-ring (bicyclic) bond motifs is 1. The summed E-state index contributed by atoms with van der Waals surface area (Å²) in [5.41, 5.74) is 6.43. The molecule has 6 heteroatoms. The summed E-state index contributed by atoms with van der Waals surface area (Å²) in [7, 11) is 0. The number of nitrogens with zero attached hydrogens (tertiary/aromatic N) is 2. The van der Waals surface area contributed by atoms with Gasteiger partial charge in [0.25, 0.3) is 0 Å². The van der Waals surface area contributed by atoms with Crippen LogP contribution in [0.15, 0.2) is 24.4 Å². The number of halogens is 3. The highest BCUT2D eigenvalue weighted by molar-refractivity contribution is 5.90. The highest BCUT2D eigenvalue weighted by Gasteiger charge is 2.29. The maximum absolute atomic E-state index is 12.2. The van der Waals surface area contributed by atoms with Gasteiger partial charge in [-0.3, -0.25) is 4.68 Å². The summed E-state index contributed by atoms with van der Waals surface area (Å²) in [6.45, 7) is -1.10. The fourth-order valence-electron chi connectivity index (χ4n) is 1.42. The quantitative estimate of drug-likeness (QED) is 0.741. The van der Waals surface area contributed by atoms with E-state index in [1.54, 1.807) is 18.2 Å². The Labute approximate surface area is 83.3 Å². The first-order chi connectivity index (χ1) is 6.97. The molecule has 0 radical (unpaired) electrons. The third kappa shape index (κ3) is 1.88. The smallest absolute Gasteiger partial charge is 0.398 e. The van der Waals surface area contributed by atoms with E-state index in [1.165, 1.54) is 6.20 Å². The number of benzene rings is 1. The van der Waals surface area contributed by atoms with Gasteiger partial charge in [0.2, 0.25) is 0 Å². The van der Waals surface area contributed by atoms with Gasteiger partial charge in [-0.2, -0.15) is 18.3 Å². The number of hydrogen-bond donors (Lipinski definition) is 1. The fraction of sp³-hybridized carbons (Fsp3) is 0.222. The highest BCUT2D eigenvalue weighted by Crippen LogP contribution is 2.24. The van der Waals surface area contributed by atoms with Gasteiger partial charge in [0.1, 0.15) is 6.54 Å². The Morgan fingerprint density at radius 1 is 1.33 bits per heavy atom. The van der Waals surface area contributed by atoms with E-state index < -0.39 is 12.7 Å². The lowest BCUT2D eigenvalue weighted by Gasteiger charge is -2.07. The van der Waals surface area contributed by atoms with Crippen molar-refractivity contribution in [1.82, 2.24) is 9.78 Å². The molecule has 0 fully saturated rings. The van der Waals surface area contributed by atoms with Crippen LogP contribution in [0.2, 0.25) is 0 Å². The van der Waals surface area contributed by atoms with Crippen LogP contribution in [0, 0.1) is 0 Å². The Hall–Kier alpha value is -1.72. The first kappa shape index (κ1) is 9.82. The molecule has 0 amide bonds. The van der Waals surface area contributed by atoms with Gasteiger partial charge in [0.15, 0.2) is 0 Å². The molecule has 2 rings (SSSR count). The number of alkyl halides is 3. The number of rotatable bonds is 1. The highest BCUT2D eigenvalue weighted by atomic mass is 19.4. The van der Waals surface area contributed by atoms with E-state index >= 15 is 0 Å². The van der Waals surface area contributed by atoms with Crippen molar-refractivity contribution in [2.45, 2.75) is 12.7 Å². The lowest BCUT2D eigenvalue weighted by molar-refractivity contribution is -0.141. The number of anilines is 1. The molecule has 0 atom stereocenters. The van der Waals surface area contributed by atoms with Crippen LogP contribution < -0.4 is 5.73 Å². The summed E-state index contributed by atoms with van der Waals surface area (Å²) in [6.07, 6.45) is -2.93. The van der Waals surface area contributed by atoms with Gasteiger partial charge in [-0.25, -0.2) is 0 Å². The van der Waals surface area contributed by atoms with Gasteiger partial charge in [-0.15, -0.1) is 0 Å². The zero-order valence-electron chi connectivity index (χ0n) is 7.62. The van der Waals surface area contributed by atoms with Gasteiger partial charge in [-0.1, -0.05) is 6.07 Å². The summed E-state index contributed by atoms with van der Waals surface area (Å²) >= 11 is 0. The molecule has 0 bridgehead atoms. The van der Waals surface area contributed by atoms with Crippen LogP contribution in [0.25, 0.3) is 10.9 Å². The van der Waals surface area contributed by atoms with E-state index in [9.17, 15) is 13.2 Å². The number of hydrogen-bond acceptors (Lipinski definition) is 2. The van der Waals surface area contributed by atoms with Gasteiger partial charge in [0.05, 0.1) is 11.7 Å². The SMILES string of the molecule is Nc1cccc2c1cnn2CC(F)(F)F.